The summed E-state index contributed by atoms with van der Waals surface area (Å²) < 4.78 is 31.5. The van der Waals surface area contributed by atoms with Crippen LogP contribution < -0.4 is 10.6 Å². The van der Waals surface area contributed by atoms with Gasteiger partial charge in [-0.05, 0) is 48.9 Å². The number of carbonyl (C=O) groups is 1. The lowest BCUT2D eigenvalue weighted by Gasteiger charge is -2.36. The molecule has 4 aromatic rings. The van der Waals surface area contributed by atoms with Crippen molar-refractivity contribution in [1.29, 1.82) is 0 Å². The Kier molecular flexibility index (Phi) is 10.3. The zero-order valence-corrected chi connectivity index (χ0v) is 26.0. The molecule has 0 spiro atoms. The topological polar surface area (TPSA) is 127 Å². The highest BCUT2D eigenvalue weighted by Crippen LogP contribution is 2.35. The van der Waals surface area contributed by atoms with Gasteiger partial charge in [-0.3, -0.25) is 9.69 Å². The number of aromatic amines is 1. The number of nitrogens with zero attached hydrogens (tertiary/aromatic N) is 4. The quantitative estimate of drug-likeness (QED) is 0.198. The third-order valence-corrected chi connectivity index (χ3v) is 8.10. The van der Waals surface area contributed by atoms with Gasteiger partial charge in [-0.2, -0.15) is 0 Å². The molecule has 46 heavy (non-hydrogen) atoms. The summed E-state index contributed by atoms with van der Waals surface area (Å²) in [7, 11) is 0. The summed E-state index contributed by atoms with van der Waals surface area (Å²) in [5.74, 6) is 0.602. The Morgan fingerprint density at radius 1 is 1.04 bits per heavy atom. The summed E-state index contributed by atoms with van der Waals surface area (Å²) in [6.07, 6.45) is 2.22. The average Bonchev–Trinajstić information content (AvgIpc) is 3.53. The maximum atomic E-state index is 13.8. The Balaban J connectivity index is 1.11. The molecule has 2 aromatic heterocycles. The molecule has 2 saturated heterocycles. The summed E-state index contributed by atoms with van der Waals surface area (Å²) in [5.41, 5.74) is 3.15. The first kappa shape index (κ1) is 31.7. The fraction of sp³-hybridized carbons (Fsp3) is 0.412. The predicted molar refractivity (Wildman–Crippen MR) is 171 cm³/mol. The molecule has 0 saturated carbocycles. The van der Waals surface area contributed by atoms with E-state index in [-0.39, 0.29) is 11.7 Å². The first-order valence-corrected chi connectivity index (χ1v) is 15.7. The smallest absolute Gasteiger partial charge is 0.224 e. The van der Waals surface area contributed by atoms with E-state index in [9.17, 15) is 9.18 Å². The molecule has 2 aromatic carbocycles. The molecular formula is C34H40FN7O4. The monoisotopic (exact) mass is 629 g/mol. The van der Waals surface area contributed by atoms with Crippen molar-refractivity contribution in [2.45, 2.75) is 26.1 Å². The second-order valence-corrected chi connectivity index (χ2v) is 12.1. The Morgan fingerprint density at radius 3 is 2.57 bits per heavy atom. The number of H-pyrrole nitrogens is 1. The van der Waals surface area contributed by atoms with Crippen LogP contribution in [-0.2, 0) is 25.4 Å². The summed E-state index contributed by atoms with van der Waals surface area (Å²) in [6.45, 7) is 8.34. The van der Waals surface area contributed by atoms with Gasteiger partial charge in [0.25, 0.3) is 0 Å². The van der Waals surface area contributed by atoms with Gasteiger partial charge in [0.2, 0.25) is 18.1 Å². The van der Waals surface area contributed by atoms with Gasteiger partial charge in [0.05, 0.1) is 49.9 Å². The number of imidazole rings is 1. The van der Waals surface area contributed by atoms with Crippen molar-refractivity contribution in [3.8, 4) is 22.6 Å². The highest BCUT2D eigenvalue weighted by atomic mass is 19.1. The van der Waals surface area contributed by atoms with Gasteiger partial charge in [0.15, 0.2) is 5.82 Å². The van der Waals surface area contributed by atoms with Crippen molar-refractivity contribution in [3.63, 3.8) is 0 Å². The predicted octanol–water partition coefficient (Wildman–Crippen LogP) is 4.22. The number of halogens is 1. The zero-order valence-electron chi connectivity index (χ0n) is 26.0. The van der Waals surface area contributed by atoms with Gasteiger partial charge < -0.3 is 29.8 Å². The van der Waals surface area contributed by atoms with Crippen molar-refractivity contribution in [2.24, 2.45) is 5.41 Å². The van der Waals surface area contributed by atoms with Crippen molar-refractivity contribution < 1.29 is 23.4 Å². The second kappa shape index (κ2) is 14.9. The minimum atomic E-state index is -0.749. The number of ether oxygens (including phenoxy) is 3. The van der Waals surface area contributed by atoms with E-state index in [1.165, 1.54) is 12.1 Å². The molecule has 1 amide bonds. The van der Waals surface area contributed by atoms with Crippen LogP contribution in [-0.4, -0.2) is 89.9 Å². The number of morpholine rings is 1. The average molecular weight is 630 g/mol. The van der Waals surface area contributed by atoms with E-state index in [1.807, 2.05) is 37.3 Å². The van der Waals surface area contributed by atoms with Crippen molar-refractivity contribution in [3.05, 3.63) is 84.1 Å². The third kappa shape index (κ3) is 8.32. The minimum Gasteiger partial charge on any atom is -0.379 e. The standard InChI is InChI=1S/C34H40FN7O4/c1-34(21-38-28(43)20-24-6-3-2-4-7-24)22-45-32(46-23-34)31-40-29(25-8-10-26(35)11-9-25)30(41-31)27-12-14-37-33(39-27)36-13-5-15-42-16-18-44-19-17-42/h2-4,6-12,14,32H,5,13,15-23H2,1H3,(H,38,43)(H,40,41)(H,36,37,39). The van der Waals surface area contributed by atoms with Gasteiger partial charge >= 0.3 is 0 Å². The first-order valence-electron chi connectivity index (χ1n) is 15.7. The molecule has 2 fully saturated rings. The summed E-state index contributed by atoms with van der Waals surface area (Å²) in [4.78, 5) is 32.3. The second-order valence-electron chi connectivity index (χ2n) is 12.1. The number of hydrogen-bond donors (Lipinski definition) is 3. The Hall–Kier alpha value is -4.23. The van der Waals surface area contributed by atoms with Crippen LogP contribution in [0.3, 0.4) is 0 Å². The van der Waals surface area contributed by atoms with Gasteiger partial charge in [-0.1, -0.05) is 37.3 Å². The fourth-order valence-electron chi connectivity index (χ4n) is 5.48. The molecular weight excluding hydrogens is 589 g/mol. The number of rotatable bonds is 12. The van der Waals surface area contributed by atoms with Crippen LogP contribution in [0.25, 0.3) is 22.6 Å². The molecule has 4 heterocycles. The van der Waals surface area contributed by atoms with Crippen LogP contribution >= 0.6 is 0 Å². The highest BCUT2D eigenvalue weighted by molar-refractivity contribution is 5.78. The van der Waals surface area contributed by atoms with Crippen LogP contribution in [0.5, 0.6) is 0 Å². The van der Waals surface area contributed by atoms with E-state index in [4.69, 9.17) is 24.2 Å². The van der Waals surface area contributed by atoms with Gasteiger partial charge in [-0.25, -0.2) is 19.3 Å². The molecule has 12 heteroatoms. The number of nitrogens with one attached hydrogen (secondary N) is 3. The normalized spacial score (nSPS) is 20.3. The number of carbonyl (C=O) groups excluding carboxylic acids is 1. The molecule has 3 N–H and O–H groups in total. The van der Waals surface area contributed by atoms with Gasteiger partial charge in [0, 0.05) is 43.4 Å². The molecule has 6 rings (SSSR count). The van der Waals surface area contributed by atoms with E-state index in [0.29, 0.717) is 55.0 Å². The van der Waals surface area contributed by atoms with E-state index in [1.54, 1.807) is 24.4 Å². The number of anilines is 1. The van der Waals surface area contributed by atoms with E-state index in [2.05, 4.69) is 25.5 Å². The SMILES string of the molecule is CC1(CNC(=O)Cc2ccccc2)COC(c2nc(-c3ccc(F)cc3)c(-c3ccnc(NCCCN4CCOCC4)n3)[nH]2)OC1. The molecule has 0 atom stereocenters. The first-order chi connectivity index (χ1) is 22.4. The number of hydrogen-bond acceptors (Lipinski definition) is 9. The third-order valence-electron chi connectivity index (χ3n) is 8.10. The van der Waals surface area contributed by atoms with Crippen molar-refractivity contribution in [2.75, 3.05) is 64.5 Å². The van der Waals surface area contributed by atoms with Crippen molar-refractivity contribution in [1.82, 2.24) is 30.2 Å². The van der Waals surface area contributed by atoms with Crippen LogP contribution in [0, 0.1) is 11.2 Å². The van der Waals surface area contributed by atoms with E-state index in [0.717, 1.165) is 56.9 Å². The molecule has 242 valence electrons. The molecule has 0 unspecified atom stereocenters. The zero-order chi connectivity index (χ0) is 31.8. The Morgan fingerprint density at radius 2 is 1.80 bits per heavy atom. The number of aromatic nitrogens is 4. The van der Waals surface area contributed by atoms with E-state index >= 15 is 0 Å². The maximum absolute atomic E-state index is 13.8. The molecule has 2 aliphatic heterocycles. The highest BCUT2D eigenvalue weighted by Gasteiger charge is 2.35. The lowest BCUT2D eigenvalue weighted by molar-refractivity contribution is -0.232. The Bertz CT molecular complexity index is 1570. The van der Waals surface area contributed by atoms with Gasteiger partial charge in [0.1, 0.15) is 5.82 Å². The fourth-order valence-corrected chi connectivity index (χ4v) is 5.48. The van der Waals surface area contributed by atoms with Crippen molar-refractivity contribution >= 4 is 11.9 Å². The summed E-state index contributed by atoms with van der Waals surface area (Å²) >= 11 is 0. The molecule has 0 radical (unpaired) electrons. The lowest BCUT2D eigenvalue weighted by atomic mass is 9.92. The van der Waals surface area contributed by atoms with Crippen LogP contribution in [0.2, 0.25) is 0 Å². The molecule has 2 aliphatic rings. The molecule has 0 bridgehead atoms. The van der Waals surface area contributed by atoms with Crippen LogP contribution in [0.4, 0.5) is 10.3 Å². The lowest BCUT2D eigenvalue weighted by Crippen LogP contribution is -2.45. The van der Waals surface area contributed by atoms with Crippen LogP contribution in [0.15, 0.2) is 66.9 Å². The maximum Gasteiger partial charge on any atom is 0.224 e. The largest absolute Gasteiger partial charge is 0.379 e. The number of amides is 1. The van der Waals surface area contributed by atoms with E-state index < -0.39 is 11.7 Å². The summed E-state index contributed by atoms with van der Waals surface area (Å²) in [5, 5.41) is 6.35. The molecule has 11 nitrogen and oxygen atoms in total. The minimum absolute atomic E-state index is 0.0509. The van der Waals surface area contributed by atoms with Crippen LogP contribution in [0.1, 0.15) is 31.0 Å². The van der Waals surface area contributed by atoms with Gasteiger partial charge in [-0.15, -0.1) is 0 Å². The Labute approximate surface area is 267 Å². The molecule has 0 aliphatic carbocycles. The summed E-state index contributed by atoms with van der Waals surface area (Å²) in [6, 6.07) is 17.6. The number of benzene rings is 2.